The molecular weight excluding hydrogens is 413 g/mol. The summed E-state index contributed by atoms with van der Waals surface area (Å²) in [5.74, 6) is 8.22. The van der Waals surface area contributed by atoms with Crippen molar-refractivity contribution in [2.45, 2.75) is 76.5 Å². The molecule has 0 radical (unpaired) electrons. The van der Waals surface area contributed by atoms with E-state index >= 15 is 0 Å². The summed E-state index contributed by atoms with van der Waals surface area (Å²) in [5.41, 5.74) is 5.18. The number of unbranched alkanes of at least 4 members (excludes halogenated alkanes) is 5. The van der Waals surface area contributed by atoms with Crippen molar-refractivity contribution >= 4 is 23.0 Å². The number of hydrogen-bond acceptors (Lipinski definition) is 7. The summed E-state index contributed by atoms with van der Waals surface area (Å²) in [4.78, 5) is 23.5. The zero-order valence-corrected chi connectivity index (χ0v) is 18.3. The Morgan fingerprint density at radius 1 is 1.38 bits per heavy atom. The van der Waals surface area contributed by atoms with Crippen LogP contribution in [0.1, 0.15) is 70.9 Å². The molecule has 9 heteroatoms. The van der Waals surface area contributed by atoms with Crippen LogP contribution < -0.4 is 5.73 Å². The van der Waals surface area contributed by atoms with Crippen LogP contribution in [0.4, 0.5) is 10.2 Å². The average molecular weight is 442 g/mol. The normalized spacial score (nSPS) is 20.0. The molecule has 32 heavy (non-hydrogen) atoms. The first kappa shape index (κ1) is 23.5. The Balaban J connectivity index is 1.47. The first-order chi connectivity index (χ1) is 15.5. The highest BCUT2D eigenvalue weighted by atomic mass is 19.1. The van der Waals surface area contributed by atoms with Crippen LogP contribution in [0, 0.1) is 30.3 Å². The second-order valence-corrected chi connectivity index (χ2v) is 7.81. The molecule has 1 fully saturated rings. The SMILES string of the molecule is C#C[C@@]1(COC(=O)CCCCCCCC#CC)CC[C@H](n2cnc3c(N)nc(F)nc32)O1. The number of nitrogen functional groups attached to an aromatic ring is 1. The van der Waals surface area contributed by atoms with Gasteiger partial charge in [0.05, 0.1) is 6.33 Å². The van der Waals surface area contributed by atoms with Gasteiger partial charge in [0.1, 0.15) is 12.8 Å². The van der Waals surface area contributed by atoms with E-state index in [0.29, 0.717) is 19.3 Å². The number of aromatic nitrogens is 4. The molecule has 3 rings (SSSR count). The topological polar surface area (TPSA) is 105 Å². The number of ether oxygens (including phenoxy) is 2. The van der Waals surface area contributed by atoms with Gasteiger partial charge in [-0.25, -0.2) is 4.98 Å². The maximum absolute atomic E-state index is 13.6. The Kier molecular flexibility index (Phi) is 8.02. The molecule has 0 amide bonds. The second kappa shape index (κ2) is 10.9. The van der Waals surface area contributed by atoms with Crippen LogP contribution in [0.25, 0.3) is 11.2 Å². The molecule has 170 valence electrons. The molecule has 0 saturated carbocycles. The molecule has 1 saturated heterocycles. The van der Waals surface area contributed by atoms with Gasteiger partial charge in [0, 0.05) is 12.8 Å². The Morgan fingerprint density at radius 3 is 2.94 bits per heavy atom. The van der Waals surface area contributed by atoms with E-state index in [2.05, 4.69) is 32.7 Å². The van der Waals surface area contributed by atoms with Gasteiger partial charge in [0.25, 0.3) is 0 Å². The van der Waals surface area contributed by atoms with E-state index in [-0.39, 0.29) is 29.6 Å². The Hall–Kier alpha value is -3.17. The lowest BCUT2D eigenvalue weighted by molar-refractivity contribution is -0.152. The zero-order valence-electron chi connectivity index (χ0n) is 18.3. The maximum atomic E-state index is 13.6. The van der Waals surface area contributed by atoms with E-state index in [0.717, 1.165) is 38.5 Å². The van der Waals surface area contributed by atoms with Crippen LogP contribution >= 0.6 is 0 Å². The molecule has 2 N–H and O–H groups in total. The van der Waals surface area contributed by atoms with Crippen LogP contribution in [-0.4, -0.2) is 37.7 Å². The van der Waals surface area contributed by atoms with Crippen LogP contribution in [-0.2, 0) is 14.3 Å². The predicted molar refractivity (Wildman–Crippen MR) is 117 cm³/mol. The molecule has 1 aliphatic rings. The minimum absolute atomic E-state index is 0.0351. The number of fused-ring (bicyclic) bond motifs is 1. The number of rotatable bonds is 10. The smallest absolute Gasteiger partial charge is 0.312 e. The van der Waals surface area contributed by atoms with Gasteiger partial charge in [-0.1, -0.05) is 25.2 Å². The quantitative estimate of drug-likeness (QED) is 0.260. The summed E-state index contributed by atoms with van der Waals surface area (Å²) in [6, 6.07) is 0. The van der Waals surface area contributed by atoms with Gasteiger partial charge in [-0.2, -0.15) is 14.4 Å². The number of imidazole rings is 1. The molecule has 0 aromatic carbocycles. The average Bonchev–Trinajstić information content (AvgIpc) is 3.39. The highest BCUT2D eigenvalue weighted by Gasteiger charge is 2.41. The van der Waals surface area contributed by atoms with Crippen LogP contribution in [0.3, 0.4) is 0 Å². The monoisotopic (exact) mass is 441 g/mol. The van der Waals surface area contributed by atoms with Crippen molar-refractivity contribution in [3.05, 3.63) is 12.4 Å². The predicted octanol–water partition coefficient (Wildman–Crippen LogP) is 3.53. The van der Waals surface area contributed by atoms with Crippen molar-refractivity contribution in [3.8, 4) is 24.2 Å². The summed E-state index contributed by atoms with van der Waals surface area (Å²) < 4.78 is 26.6. The number of hydrogen-bond donors (Lipinski definition) is 1. The Morgan fingerprint density at radius 2 is 2.16 bits per heavy atom. The van der Waals surface area contributed by atoms with Crippen LogP contribution in [0.5, 0.6) is 0 Å². The van der Waals surface area contributed by atoms with E-state index in [1.165, 1.54) is 6.33 Å². The number of carbonyl (C=O) groups is 1. The summed E-state index contributed by atoms with van der Waals surface area (Å²) in [7, 11) is 0. The molecule has 0 bridgehead atoms. The minimum atomic E-state index is -1.05. The van der Waals surface area contributed by atoms with Crippen molar-refractivity contribution in [1.82, 2.24) is 19.5 Å². The number of carbonyl (C=O) groups excluding carboxylic acids is 1. The van der Waals surface area contributed by atoms with Crippen LogP contribution in [0.2, 0.25) is 0 Å². The van der Waals surface area contributed by atoms with E-state index in [9.17, 15) is 9.18 Å². The number of halogens is 1. The molecule has 0 aliphatic carbocycles. The third-order valence-electron chi connectivity index (χ3n) is 5.48. The Labute approximate surface area is 187 Å². The van der Waals surface area contributed by atoms with Gasteiger partial charge < -0.3 is 15.2 Å². The van der Waals surface area contributed by atoms with Gasteiger partial charge in [0.15, 0.2) is 22.6 Å². The summed E-state index contributed by atoms with van der Waals surface area (Å²) in [5, 5.41) is 0. The standard InChI is InChI=1S/C23H28FN5O3/c1-3-5-6-7-8-9-10-11-12-18(30)31-15-23(4-2)14-13-17(32-23)29-16-26-19-20(25)27-22(24)28-21(19)29/h2,16-17H,6-15H2,1H3,(H2,25,27,28)/t17-,23+/m1/s1. The first-order valence-corrected chi connectivity index (χ1v) is 10.8. The molecule has 2 atom stereocenters. The molecule has 3 heterocycles. The molecule has 2 aromatic heterocycles. The fourth-order valence-electron chi connectivity index (χ4n) is 3.71. The van der Waals surface area contributed by atoms with Gasteiger partial charge in [-0.05, 0) is 32.6 Å². The van der Waals surface area contributed by atoms with Crippen LogP contribution in [0.15, 0.2) is 6.33 Å². The van der Waals surface area contributed by atoms with Crippen molar-refractivity contribution in [2.75, 3.05) is 12.3 Å². The van der Waals surface area contributed by atoms with E-state index in [4.69, 9.17) is 21.6 Å². The molecule has 0 spiro atoms. The largest absolute Gasteiger partial charge is 0.462 e. The van der Waals surface area contributed by atoms with E-state index in [1.54, 1.807) is 4.57 Å². The lowest BCUT2D eigenvalue weighted by Gasteiger charge is -2.23. The third-order valence-corrected chi connectivity index (χ3v) is 5.48. The first-order valence-electron chi connectivity index (χ1n) is 10.8. The van der Waals surface area contributed by atoms with Crippen molar-refractivity contribution in [2.24, 2.45) is 0 Å². The third kappa shape index (κ3) is 5.74. The Bertz CT molecular complexity index is 1050. The highest BCUT2D eigenvalue weighted by molar-refractivity contribution is 5.81. The molecule has 2 aromatic rings. The maximum Gasteiger partial charge on any atom is 0.312 e. The van der Waals surface area contributed by atoms with Gasteiger partial charge >= 0.3 is 12.0 Å². The molecule has 1 aliphatic heterocycles. The van der Waals surface area contributed by atoms with Gasteiger partial charge in [0.2, 0.25) is 0 Å². The van der Waals surface area contributed by atoms with Crippen molar-refractivity contribution in [3.63, 3.8) is 0 Å². The number of anilines is 1. The van der Waals surface area contributed by atoms with E-state index < -0.39 is 17.9 Å². The lowest BCUT2D eigenvalue weighted by atomic mass is 10.0. The lowest BCUT2D eigenvalue weighted by Crippen LogP contribution is -2.34. The zero-order chi connectivity index (χ0) is 23.0. The minimum Gasteiger partial charge on any atom is -0.462 e. The van der Waals surface area contributed by atoms with E-state index in [1.807, 2.05) is 6.92 Å². The fraction of sp³-hybridized carbons (Fsp3) is 0.565. The van der Waals surface area contributed by atoms with Gasteiger partial charge in [-0.15, -0.1) is 18.3 Å². The van der Waals surface area contributed by atoms with Crippen molar-refractivity contribution in [1.29, 1.82) is 0 Å². The summed E-state index contributed by atoms with van der Waals surface area (Å²) in [6.07, 6.45) is 13.0. The summed E-state index contributed by atoms with van der Waals surface area (Å²) in [6.45, 7) is 1.81. The fourth-order valence-corrected chi connectivity index (χ4v) is 3.71. The number of nitrogens with zero attached hydrogens (tertiary/aromatic N) is 4. The van der Waals surface area contributed by atoms with Crippen molar-refractivity contribution < 1.29 is 18.7 Å². The number of nitrogens with two attached hydrogens (primary N) is 1. The molecule has 8 nitrogen and oxygen atoms in total. The number of terminal acetylenes is 1. The molecule has 0 unspecified atom stereocenters. The highest BCUT2D eigenvalue weighted by Crippen LogP contribution is 2.38. The molecular formula is C23H28FN5O3. The second-order valence-electron chi connectivity index (χ2n) is 7.81. The number of esters is 1. The van der Waals surface area contributed by atoms with Gasteiger partial charge in [-0.3, -0.25) is 9.36 Å². The summed E-state index contributed by atoms with van der Waals surface area (Å²) >= 11 is 0.